The lowest BCUT2D eigenvalue weighted by molar-refractivity contribution is 0.627. The Morgan fingerprint density at radius 3 is 2.77 bits per heavy atom. The third kappa shape index (κ3) is 3.05. The van der Waals surface area contributed by atoms with Gasteiger partial charge in [-0.05, 0) is 37.1 Å². The number of halogens is 1. The van der Waals surface area contributed by atoms with Gasteiger partial charge in [-0.25, -0.2) is 4.39 Å². The monoisotopic (exact) mass is 181 g/mol. The Bertz CT molecular complexity index is 271. The van der Waals surface area contributed by atoms with Crippen LogP contribution in [0.2, 0.25) is 0 Å². The molecule has 0 aliphatic heterocycles. The van der Waals surface area contributed by atoms with Crippen molar-refractivity contribution in [2.24, 2.45) is 0 Å². The van der Waals surface area contributed by atoms with Gasteiger partial charge in [0.1, 0.15) is 5.82 Å². The van der Waals surface area contributed by atoms with Crippen LogP contribution >= 0.6 is 0 Å². The molecule has 0 radical (unpaired) electrons. The van der Waals surface area contributed by atoms with Gasteiger partial charge in [-0.3, -0.25) is 0 Å². The molecule has 0 spiro atoms. The van der Waals surface area contributed by atoms with Gasteiger partial charge in [0.2, 0.25) is 0 Å². The van der Waals surface area contributed by atoms with Crippen molar-refractivity contribution in [3.63, 3.8) is 0 Å². The van der Waals surface area contributed by atoms with Crippen molar-refractivity contribution in [3.05, 3.63) is 29.6 Å². The van der Waals surface area contributed by atoms with Gasteiger partial charge in [0.25, 0.3) is 0 Å². The number of hydrogen-bond donors (Lipinski definition) is 1. The van der Waals surface area contributed by atoms with Crippen LogP contribution in [-0.4, -0.2) is 6.54 Å². The van der Waals surface area contributed by atoms with E-state index in [9.17, 15) is 4.39 Å². The molecule has 0 unspecified atom stereocenters. The molecule has 0 aliphatic carbocycles. The Morgan fingerprint density at radius 1 is 1.38 bits per heavy atom. The molecule has 1 aromatic carbocycles. The molecular formula is C11H16FN. The Kier molecular flexibility index (Phi) is 3.74. The highest BCUT2D eigenvalue weighted by molar-refractivity contribution is 5.50. The molecule has 1 N–H and O–H groups in total. The SMILES string of the molecule is CCCCNc1ccc(F)cc1C. The molecule has 13 heavy (non-hydrogen) atoms. The second-order valence-corrected chi connectivity index (χ2v) is 3.24. The average Bonchev–Trinajstić information content (AvgIpc) is 2.09. The number of hydrogen-bond acceptors (Lipinski definition) is 1. The van der Waals surface area contributed by atoms with Crippen molar-refractivity contribution in [3.8, 4) is 0 Å². The van der Waals surface area contributed by atoms with E-state index in [4.69, 9.17) is 0 Å². The van der Waals surface area contributed by atoms with Crippen molar-refractivity contribution >= 4 is 5.69 Å². The molecule has 72 valence electrons. The van der Waals surface area contributed by atoms with Crippen molar-refractivity contribution in [2.75, 3.05) is 11.9 Å². The highest BCUT2D eigenvalue weighted by Gasteiger charge is 1.97. The van der Waals surface area contributed by atoms with Crippen molar-refractivity contribution in [1.82, 2.24) is 0 Å². The molecule has 0 aromatic heterocycles. The number of nitrogens with one attached hydrogen (secondary N) is 1. The second kappa shape index (κ2) is 4.85. The lowest BCUT2D eigenvalue weighted by Crippen LogP contribution is -2.02. The Labute approximate surface area is 79.0 Å². The van der Waals surface area contributed by atoms with Gasteiger partial charge in [0, 0.05) is 12.2 Å². The number of rotatable bonds is 4. The summed E-state index contributed by atoms with van der Waals surface area (Å²) < 4.78 is 12.7. The van der Waals surface area contributed by atoms with E-state index in [1.54, 1.807) is 12.1 Å². The summed E-state index contributed by atoms with van der Waals surface area (Å²) in [5.41, 5.74) is 2.01. The van der Waals surface area contributed by atoms with Gasteiger partial charge in [0.15, 0.2) is 0 Å². The number of unbranched alkanes of at least 4 members (excludes halogenated alkanes) is 1. The molecule has 0 atom stereocenters. The molecule has 0 aliphatic rings. The smallest absolute Gasteiger partial charge is 0.123 e. The summed E-state index contributed by atoms with van der Waals surface area (Å²) in [4.78, 5) is 0. The van der Waals surface area contributed by atoms with E-state index in [2.05, 4.69) is 12.2 Å². The zero-order chi connectivity index (χ0) is 9.68. The largest absolute Gasteiger partial charge is 0.385 e. The van der Waals surface area contributed by atoms with Gasteiger partial charge in [-0.15, -0.1) is 0 Å². The maximum Gasteiger partial charge on any atom is 0.123 e. The van der Waals surface area contributed by atoms with Crippen molar-refractivity contribution in [1.29, 1.82) is 0 Å². The zero-order valence-electron chi connectivity index (χ0n) is 8.23. The maximum absolute atomic E-state index is 12.7. The van der Waals surface area contributed by atoms with Crippen LogP contribution < -0.4 is 5.32 Å². The average molecular weight is 181 g/mol. The molecule has 0 amide bonds. The predicted octanol–water partition coefficient (Wildman–Crippen LogP) is 3.35. The Morgan fingerprint density at radius 2 is 2.15 bits per heavy atom. The van der Waals surface area contributed by atoms with E-state index < -0.39 is 0 Å². The van der Waals surface area contributed by atoms with Gasteiger partial charge in [0.05, 0.1) is 0 Å². The van der Waals surface area contributed by atoms with E-state index in [0.717, 1.165) is 24.2 Å². The second-order valence-electron chi connectivity index (χ2n) is 3.24. The minimum absolute atomic E-state index is 0.168. The van der Waals surface area contributed by atoms with Gasteiger partial charge < -0.3 is 5.32 Å². The normalized spacial score (nSPS) is 10.1. The Hall–Kier alpha value is -1.05. The van der Waals surface area contributed by atoms with Crippen LogP contribution in [0.4, 0.5) is 10.1 Å². The molecule has 0 heterocycles. The highest BCUT2D eigenvalue weighted by Crippen LogP contribution is 2.15. The Balaban J connectivity index is 2.56. The molecular weight excluding hydrogens is 165 g/mol. The number of benzene rings is 1. The fraction of sp³-hybridized carbons (Fsp3) is 0.455. The summed E-state index contributed by atoms with van der Waals surface area (Å²) in [6.07, 6.45) is 2.32. The molecule has 0 saturated carbocycles. The molecule has 1 nitrogen and oxygen atoms in total. The first-order valence-electron chi connectivity index (χ1n) is 4.74. The standard InChI is InChI=1S/C11H16FN/c1-3-4-7-13-11-6-5-10(12)8-9(11)2/h5-6,8,13H,3-4,7H2,1-2H3. The van der Waals surface area contributed by atoms with Gasteiger partial charge >= 0.3 is 0 Å². The minimum Gasteiger partial charge on any atom is -0.385 e. The number of aryl methyl sites for hydroxylation is 1. The maximum atomic E-state index is 12.7. The lowest BCUT2D eigenvalue weighted by Gasteiger charge is -2.08. The van der Waals surface area contributed by atoms with E-state index in [1.165, 1.54) is 12.5 Å². The molecule has 0 saturated heterocycles. The third-order valence-electron chi connectivity index (χ3n) is 2.03. The summed E-state index contributed by atoms with van der Waals surface area (Å²) in [5, 5.41) is 3.27. The van der Waals surface area contributed by atoms with Crippen LogP contribution in [0, 0.1) is 12.7 Å². The van der Waals surface area contributed by atoms with E-state index >= 15 is 0 Å². The first kappa shape index (κ1) is 10.0. The summed E-state index contributed by atoms with van der Waals surface area (Å²) in [6.45, 7) is 5.03. The first-order valence-corrected chi connectivity index (χ1v) is 4.74. The molecule has 0 fully saturated rings. The van der Waals surface area contributed by atoms with Crippen LogP contribution in [-0.2, 0) is 0 Å². The quantitative estimate of drug-likeness (QED) is 0.702. The zero-order valence-corrected chi connectivity index (χ0v) is 8.23. The van der Waals surface area contributed by atoms with Crippen LogP contribution in [0.5, 0.6) is 0 Å². The summed E-state index contributed by atoms with van der Waals surface area (Å²) in [7, 11) is 0. The third-order valence-corrected chi connectivity index (χ3v) is 2.03. The highest BCUT2D eigenvalue weighted by atomic mass is 19.1. The molecule has 1 aromatic rings. The first-order chi connectivity index (χ1) is 6.24. The van der Waals surface area contributed by atoms with E-state index in [1.807, 2.05) is 6.92 Å². The number of anilines is 1. The molecule has 1 rings (SSSR count). The van der Waals surface area contributed by atoms with E-state index in [-0.39, 0.29) is 5.82 Å². The van der Waals surface area contributed by atoms with Crippen molar-refractivity contribution in [2.45, 2.75) is 26.7 Å². The topological polar surface area (TPSA) is 12.0 Å². The summed E-state index contributed by atoms with van der Waals surface area (Å²) >= 11 is 0. The van der Waals surface area contributed by atoms with Crippen LogP contribution in [0.1, 0.15) is 25.3 Å². The molecule has 2 heteroatoms. The lowest BCUT2D eigenvalue weighted by atomic mass is 10.2. The van der Waals surface area contributed by atoms with Crippen LogP contribution in [0.3, 0.4) is 0 Å². The van der Waals surface area contributed by atoms with Crippen LogP contribution in [0.15, 0.2) is 18.2 Å². The predicted molar refractivity (Wildman–Crippen MR) is 54.5 cm³/mol. The minimum atomic E-state index is -0.168. The summed E-state index contributed by atoms with van der Waals surface area (Å²) in [6, 6.07) is 4.83. The summed E-state index contributed by atoms with van der Waals surface area (Å²) in [5.74, 6) is -0.168. The molecule has 0 bridgehead atoms. The van der Waals surface area contributed by atoms with E-state index in [0.29, 0.717) is 0 Å². The van der Waals surface area contributed by atoms with Crippen molar-refractivity contribution < 1.29 is 4.39 Å². The van der Waals surface area contributed by atoms with Gasteiger partial charge in [-0.1, -0.05) is 13.3 Å². The van der Waals surface area contributed by atoms with Gasteiger partial charge in [-0.2, -0.15) is 0 Å². The van der Waals surface area contributed by atoms with Crippen LogP contribution in [0.25, 0.3) is 0 Å². The fourth-order valence-electron chi connectivity index (χ4n) is 1.23. The fourth-order valence-corrected chi connectivity index (χ4v) is 1.23.